The first-order valence-corrected chi connectivity index (χ1v) is 10.2. The Bertz CT molecular complexity index is 1110. The number of fused-ring (bicyclic) bond motifs is 1. The van der Waals surface area contributed by atoms with Gasteiger partial charge in [-0.3, -0.25) is 14.7 Å². The number of anilines is 1. The lowest BCUT2D eigenvalue weighted by Crippen LogP contribution is -2.52. The SMILES string of the molecule is CCOC(=O)N1CCN(c2cn(C)c3nc(OCc4ccccn4)c(C)cc23)C(=O)C1. The van der Waals surface area contributed by atoms with E-state index in [0.29, 0.717) is 25.6 Å². The molecular formula is C22H25N5O4. The van der Waals surface area contributed by atoms with Gasteiger partial charge in [0.25, 0.3) is 0 Å². The molecule has 2 amide bonds. The van der Waals surface area contributed by atoms with Gasteiger partial charge in [0.15, 0.2) is 0 Å². The number of carbonyl (C=O) groups is 2. The minimum atomic E-state index is -0.458. The summed E-state index contributed by atoms with van der Waals surface area (Å²) in [5, 5.41) is 0.864. The summed E-state index contributed by atoms with van der Waals surface area (Å²) >= 11 is 0. The highest BCUT2D eigenvalue weighted by Crippen LogP contribution is 2.32. The van der Waals surface area contributed by atoms with Gasteiger partial charge in [-0.25, -0.2) is 4.79 Å². The highest BCUT2D eigenvalue weighted by Gasteiger charge is 2.30. The summed E-state index contributed by atoms with van der Waals surface area (Å²) < 4.78 is 12.8. The summed E-state index contributed by atoms with van der Waals surface area (Å²) in [6, 6.07) is 7.65. The van der Waals surface area contributed by atoms with E-state index in [1.807, 2.05) is 49.0 Å². The zero-order chi connectivity index (χ0) is 22.0. The van der Waals surface area contributed by atoms with Crippen molar-refractivity contribution in [2.45, 2.75) is 20.5 Å². The van der Waals surface area contributed by atoms with Crippen molar-refractivity contribution in [1.82, 2.24) is 19.4 Å². The van der Waals surface area contributed by atoms with Crippen LogP contribution >= 0.6 is 0 Å². The minimum Gasteiger partial charge on any atom is -0.471 e. The van der Waals surface area contributed by atoms with E-state index in [-0.39, 0.29) is 19.1 Å². The Morgan fingerprint density at radius 1 is 1.26 bits per heavy atom. The van der Waals surface area contributed by atoms with Gasteiger partial charge in [0.1, 0.15) is 18.8 Å². The third kappa shape index (κ3) is 4.16. The Morgan fingerprint density at radius 2 is 2.10 bits per heavy atom. The summed E-state index contributed by atoms with van der Waals surface area (Å²) in [6.45, 7) is 5.09. The van der Waals surface area contributed by atoms with Crippen LogP contribution in [0.1, 0.15) is 18.2 Å². The van der Waals surface area contributed by atoms with E-state index >= 15 is 0 Å². The van der Waals surface area contributed by atoms with Gasteiger partial charge in [-0.15, -0.1) is 0 Å². The Labute approximate surface area is 180 Å². The standard InChI is InChI=1S/C22H25N5O4/c1-4-30-22(29)26-9-10-27(19(28)13-26)18-12-25(3)20-17(18)11-15(2)21(24-20)31-14-16-7-5-6-8-23-16/h5-8,11-12H,4,9-10,13-14H2,1-3H3. The fraction of sp³-hybridized carbons (Fsp3) is 0.364. The van der Waals surface area contributed by atoms with Crippen LogP contribution in [-0.4, -0.2) is 57.7 Å². The number of ether oxygens (including phenoxy) is 2. The molecule has 0 N–H and O–H groups in total. The number of rotatable bonds is 5. The van der Waals surface area contributed by atoms with Gasteiger partial charge >= 0.3 is 6.09 Å². The van der Waals surface area contributed by atoms with Crippen molar-refractivity contribution in [3.8, 4) is 5.88 Å². The molecule has 1 aliphatic heterocycles. The van der Waals surface area contributed by atoms with Crippen molar-refractivity contribution in [1.29, 1.82) is 0 Å². The largest absolute Gasteiger partial charge is 0.471 e. The molecule has 1 saturated heterocycles. The van der Waals surface area contributed by atoms with Gasteiger partial charge in [0.2, 0.25) is 11.8 Å². The monoisotopic (exact) mass is 423 g/mol. The Balaban J connectivity index is 1.57. The molecular weight excluding hydrogens is 398 g/mol. The van der Waals surface area contributed by atoms with E-state index in [1.165, 1.54) is 4.90 Å². The lowest BCUT2D eigenvalue weighted by Gasteiger charge is -2.33. The fourth-order valence-electron chi connectivity index (χ4n) is 3.64. The zero-order valence-corrected chi connectivity index (χ0v) is 17.9. The van der Waals surface area contributed by atoms with Crippen LogP contribution in [0.4, 0.5) is 10.5 Å². The molecule has 1 aliphatic rings. The maximum absolute atomic E-state index is 12.8. The number of aromatic nitrogens is 3. The highest BCUT2D eigenvalue weighted by molar-refractivity contribution is 6.04. The number of nitrogens with zero attached hydrogens (tertiary/aromatic N) is 5. The summed E-state index contributed by atoms with van der Waals surface area (Å²) in [6.07, 6.45) is 3.16. The van der Waals surface area contributed by atoms with Gasteiger partial charge in [-0.2, -0.15) is 4.98 Å². The van der Waals surface area contributed by atoms with Crippen LogP contribution in [0.15, 0.2) is 36.7 Å². The molecule has 0 spiro atoms. The summed E-state index contributed by atoms with van der Waals surface area (Å²) in [5.41, 5.74) is 3.19. The molecule has 0 aromatic carbocycles. The second kappa shape index (κ2) is 8.63. The van der Waals surface area contributed by atoms with E-state index in [4.69, 9.17) is 9.47 Å². The first-order valence-electron chi connectivity index (χ1n) is 10.2. The summed E-state index contributed by atoms with van der Waals surface area (Å²) in [7, 11) is 1.88. The first kappa shape index (κ1) is 20.6. The van der Waals surface area contributed by atoms with E-state index in [1.54, 1.807) is 18.0 Å². The maximum Gasteiger partial charge on any atom is 0.410 e. The van der Waals surface area contributed by atoms with Crippen molar-refractivity contribution in [3.05, 3.63) is 47.9 Å². The zero-order valence-electron chi connectivity index (χ0n) is 17.9. The Morgan fingerprint density at radius 3 is 2.81 bits per heavy atom. The van der Waals surface area contributed by atoms with Gasteiger partial charge in [-0.1, -0.05) is 6.07 Å². The molecule has 1 fully saturated rings. The summed E-state index contributed by atoms with van der Waals surface area (Å²) in [5.74, 6) is 0.379. The van der Waals surface area contributed by atoms with Gasteiger partial charge in [0, 0.05) is 43.5 Å². The maximum atomic E-state index is 12.8. The quantitative estimate of drug-likeness (QED) is 0.627. The molecule has 31 heavy (non-hydrogen) atoms. The highest BCUT2D eigenvalue weighted by atomic mass is 16.6. The number of pyridine rings is 2. The number of hydrogen-bond donors (Lipinski definition) is 0. The third-order valence-corrected chi connectivity index (χ3v) is 5.19. The molecule has 9 heteroatoms. The molecule has 0 radical (unpaired) electrons. The minimum absolute atomic E-state index is 0.00704. The lowest BCUT2D eigenvalue weighted by molar-refractivity contribution is -0.120. The predicted octanol–water partition coefficient (Wildman–Crippen LogP) is 2.66. The van der Waals surface area contributed by atoms with Crippen LogP contribution in [0, 0.1) is 6.92 Å². The number of hydrogen-bond acceptors (Lipinski definition) is 6. The van der Waals surface area contributed by atoms with Crippen LogP contribution < -0.4 is 9.64 Å². The molecule has 162 valence electrons. The number of carbonyl (C=O) groups excluding carboxylic acids is 2. The average Bonchev–Trinajstić information content (AvgIpc) is 3.08. The van der Waals surface area contributed by atoms with Crippen molar-refractivity contribution >= 4 is 28.7 Å². The van der Waals surface area contributed by atoms with E-state index in [2.05, 4.69) is 9.97 Å². The molecule has 3 aromatic rings. The first-order chi connectivity index (χ1) is 15.0. The van der Waals surface area contributed by atoms with Crippen LogP contribution in [0.5, 0.6) is 5.88 Å². The van der Waals surface area contributed by atoms with Crippen molar-refractivity contribution < 1.29 is 19.1 Å². The normalized spacial score (nSPS) is 14.2. The van der Waals surface area contributed by atoms with Crippen LogP contribution in [0.25, 0.3) is 11.0 Å². The molecule has 4 rings (SSSR count). The average molecular weight is 423 g/mol. The molecule has 0 bridgehead atoms. The molecule has 9 nitrogen and oxygen atoms in total. The molecule has 3 aromatic heterocycles. The topological polar surface area (TPSA) is 89.8 Å². The van der Waals surface area contributed by atoms with Crippen molar-refractivity contribution in [2.75, 3.05) is 31.1 Å². The number of piperazine rings is 1. The van der Waals surface area contributed by atoms with E-state index in [9.17, 15) is 9.59 Å². The smallest absolute Gasteiger partial charge is 0.410 e. The van der Waals surface area contributed by atoms with Crippen LogP contribution in [-0.2, 0) is 23.2 Å². The molecule has 0 unspecified atom stereocenters. The number of amides is 2. The second-order valence-electron chi connectivity index (χ2n) is 7.38. The van der Waals surface area contributed by atoms with Crippen molar-refractivity contribution in [2.24, 2.45) is 7.05 Å². The molecule has 0 saturated carbocycles. The molecule has 0 atom stereocenters. The lowest BCUT2D eigenvalue weighted by atomic mass is 10.2. The predicted molar refractivity (Wildman–Crippen MR) is 115 cm³/mol. The van der Waals surface area contributed by atoms with Crippen LogP contribution in [0.2, 0.25) is 0 Å². The van der Waals surface area contributed by atoms with Gasteiger partial charge in [0.05, 0.1) is 18.0 Å². The fourth-order valence-corrected chi connectivity index (χ4v) is 3.64. The second-order valence-corrected chi connectivity index (χ2v) is 7.38. The number of aryl methyl sites for hydroxylation is 2. The Kier molecular flexibility index (Phi) is 5.75. The van der Waals surface area contributed by atoms with Gasteiger partial charge in [-0.05, 0) is 32.0 Å². The third-order valence-electron chi connectivity index (χ3n) is 5.19. The van der Waals surface area contributed by atoms with E-state index in [0.717, 1.165) is 28.0 Å². The van der Waals surface area contributed by atoms with E-state index < -0.39 is 6.09 Å². The van der Waals surface area contributed by atoms with Crippen LogP contribution in [0.3, 0.4) is 0 Å². The van der Waals surface area contributed by atoms with Crippen molar-refractivity contribution in [3.63, 3.8) is 0 Å². The molecule has 0 aliphatic carbocycles. The van der Waals surface area contributed by atoms with Gasteiger partial charge < -0.3 is 18.9 Å². The molecule has 4 heterocycles. The Hall–Kier alpha value is -3.62. The summed E-state index contributed by atoms with van der Waals surface area (Å²) in [4.78, 5) is 36.8.